The zero-order chi connectivity index (χ0) is 15.4. The summed E-state index contributed by atoms with van der Waals surface area (Å²) in [6.45, 7) is 1.89. The van der Waals surface area contributed by atoms with E-state index in [0.717, 1.165) is 16.7 Å². The van der Waals surface area contributed by atoms with Gasteiger partial charge < -0.3 is 10.1 Å². The quantitative estimate of drug-likeness (QED) is 0.905. The van der Waals surface area contributed by atoms with Gasteiger partial charge in [0.1, 0.15) is 5.82 Å². The Morgan fingerprint density at radius 2 is 1.90 bits per heavy atom. The Morgan fingerprint density at radius 1 is 1.14 bits per heavy atom. The van der Waals surface area contributed by atoms with E-state index >= 15 is 0 Å². The van der Waals surface area contributed by atoms with Crippen molar-refractivity contribution in [2.75, 3.05) is 14.2 Å². The highest BCUT2D eigenvalue weighted by Crippen LogP contribution is 2.25. The van der Waals surface area contributed by atoms with Crippen LogP contribution >= 0.6 is 0 Å². The number of likely N-dealkylation sites (N-methyl/N-ethyl adjacent to an activating group) is 1. The average Bonchev–Trinajstić information content (AvgIpc) is 2.47. The Bertz CT molecular complexity index is 628. The van der Waals surface area contributed by atoms with Crippen molar-refractivity contribution >= 4 is 0 Å². The number of nitrogens with one attached hydrogen (secondary N) is 1. The van der Waals surface area contributed by atoms with Crippen LogP contribution in [0.1, 0.15) is 22.7 Å². The number of halogens is 2. The smallest absolute Gasteiger partial charge is 0.165 e. The second-order valence-corrected chi connectivity index (χ2v) is 5.01. The van der Waals surface area contributed by atoms with Gasteiger partial charge in [0.2, 0.25) is 0 Å². The minimum Gasteiger partial charge on any atom is -0.494 e. The summed E-state index contributed by atoms with van der Waals surface area (Å²) in [7, 11) is 3.29. The number of ether oxygens (including phenoxy) is 1. The first kappa shape index (κ1) is 15.4. The minimum absolute atomic E-state index is 0.00339. The molecule has 2 aromatic carbocycles. The third-order valence-corrected chi connectivity index (χ3v) is 3.65. The highest BCUT2D eigenvalue weighted by molar-refractivity contribution is 5.34. The molecule has 0 saturated heterocycles. The Hall–Kier alpha value is -1.94. The zero-order valence-corrected chi connectivity index (χ0v) is 12.4. The molecule has 21 heavy (non-hydrogen) atoms. The molecule has 0 aliphatic heterocycles. The SMILES string of the molecule is CNC(Cc1ccc(F)cc1C)c1ccc(F)c(OC)c1. The normalized spacial score (nSPS) is 12.2. The lowest BCUT2D eigenvalue weighted by atomic mass is 9.96. The highest BCUT2D eigenvalue weighted by atomic mass is 19.1. The van der Waals surface area contributed by atoms with Crippen LogP contribution in [0.25, 0.3) is 0 Å². The van der Waals surface area contributed by atoms with Crippen LogP contribution in [0.5, 0.6) is 5.75 Å². The summed E-state index contributed by atoms with van der Waals surface area (Å²) >= 11 is 0. The molecule has 0 spiro atoms. The Labute approximate surface area is 123 Å². The van der Waals surface area contributed by atoms with Crippen molar-refractivity contribution < 1.29 is 13.5 Å². The molecule has 2 nitrogen and oxygen atoms in total. The van der Waals surface area contributed by atoms with Gasteiger partial charge in [-0.05, 0) is 61.3 Å². The van der Waals surface area contributed by atoms with Crippen molar-refractivity contribution in [1.82, 2.24) is 5.32 Å². The molecule has 0 aliphatic rings. The van der Waals surface area contributed by atoms with E-state index < -0.39 is 0 Å². The van der Waals surface area contributed by atoms with Gasteiger partial charge in [-0.15, -0.1) is 0 Å². The van der Waals surface area contributed by atoms with Gasteiger partial charge in [0, 0.05) is 6.04 Å². The Balaban J connectivity index is 2.27. The number of aryl methyl sites for hydroxylation is 1. The first-order valence-electron chi connectivity index (χ1n) is 6.81. The third-order valence-electron chi connectivity index (χ3n) is 3.65. The van der Waals surface area contributed by atoms with E-state index in [1.54, 1.807) is 18.2 Å². The monoisotopic (exact) mass is 291 g/mol. The van der Waals surface area contributed by atoms with Crippen LogP contribution in [0.2, 0.25) is 0 Å². The molecule has 1 N–H and O–H groups in total. The predicted molar refractivity (Wildman–Crippen MR) is 79.6 cm³/mol. The number of benzene rings is 2. The molecule has 0 radical (unpaired) electrons. The lowest BCUT2D eigenvalue weighted by Gasteiger charge is -2.19. The van der Waals surface area contributed by atoms with Gasteiger partial charge in [-0.3, -0.25) is 0 Å². The number of hydrogen-bond donors (Lipinski definition) is 1. The molecular weight excluding hydrogens is 272 g/mol. The second kappa shape index (κ2) is 6.68. The van der Waals surface area contributed by atoms with Gasteiger partial charge in [-0.2, -0.15) is 0 Å². The van der Waals surface area contributed by atoms with E-state index in [0.29, 0.717) is 6.42 Å². The summed E-state index contributed by atoms with van der Waals surface area (Å²) in [6, 6.07) is 9.59. The molecule has 0 aliphatic carbocycles. The Kier molecular flexibility index (Phi) is 4.91. The fourth-order valence-electron chi connectivity index (χ4n) is 2.39. The van der Waals surface area contributed by atoms with Crippen molar-refractivity contribution in [2.45, 2.75) is 19.4 Å². The Morgan fingerprint density at radius 3 is 2.52 bits per heavy atom. The number of hydrogen-bond acceptors (Lipinski definition) is 2. The van der Waals surface area contributed by atoms with Crippen molar-refractivity contribution in [3.8, 4) is 5.75 Å². The molecule has 2 aromatic rings. The fourth-order valence-corrected chi connectivity index (χ4v) is 2.39. The number of rotatable bonds is 5. The molecule has 1 atom stereocenters. The molecule has 1 unspecified atom stereocenters. The van der Waals surface area contributed by atoms with E-state index in [-0.39, 0.29) is 23.4 Å². The van der Waals surface area contributed by atoms with Crippen molar-refractivity contribution in [3.05, 3.63) is 64.7 Å². The zero-order valence-electron chi connectivity index (χ0n) is 12.4. The lowest BCUT2D eigenvalue weighted by molar-refractivity contribution is 0.385. The minimum atomic E-state index is -0.380. The van der Waals surface area contributed by atoms with Crippen LogP contribution in [0.4, 0.5) is 8.78 Å². The van der Waals surface area contributed by atoms with E-state index in [9.17, 15) is 8.78 Å². The van der Waals surface area contributed by atoms with Gasteiger partial charge in [-0.25, -0.2) is 8.78 Å². The third kappa shape index (κ3) is 3.58. The van der Waals surface area contributed by atoms with Crippen LogP contribution in [0.3, 0.4) is 0 Å². The standard InChI is InChI=1S/C17H19F2NO/c1-11-8-14(18)6-4-12(11)9-16(20-2)13-5-7-15(19)17(10-13)21-3/h4-8,10,16,20H,9H2,1-3H3. The summed E-state index contributed by atoms with van der Waals surface area (Å²) in [6.07, 6.45) is 0.692. The first-order chi connectivity index (χ1) is 10.0. The summed E-state index contributed by atoms with van der Waals surface area (Å²) < 4.78 is 31.7. The van der Waals surface area contributed by atoms with Gasteiger partial charge >= 0.3 is 0 Å². The van der Waals surface area contributed by atoms with E-state index in [2.05, 4.69) is 5.32 Å². The van der Waals surface area contributed by atoms with Crippen LogP contribution in [-0.2, 0) is 6.42 Å². The molecule has 0 amide bonds. The van der Waals surface area contributed by atoms with E-state index in [1.807, 2.05) is 14.0 Å². The fraction of sp³-hybridized carbons (Fsp3) is 0.294. The molecule has 0 saturated carbocycles. The van der Waals surface area contributed by atoms with Gasteiger partial charge in [0.25, 0.3) is 0 Å². The van der Waals surface area contributed by atoms with E-state index in [4.69, 9.17) is 4.74 Å². The molecule has 0 bridgehead atoms. The average molecular weight is 291 g/mol. The van der Waals surface area contributed by atoms with Crippen molar-refractivity contribution in [2.24, 2.45) is 0 Å². The summed E-state index contributed by atoms with van der Waals surface area (Å²) in [5.41, 5.74) is 2.89. The predicted octanol–water partition coefficient (Wildman–Crippen LogP) is 3.79. The van der Waals surface area contributed by atoms with Gasteiger partial charge in [0.15, 0.2) is 11.6 Å². The van der Waals surface area contributed by atoms with Crippen molar-refractivity contribution in [3.63, 3.8) is 0 Å². The van der Waals surface area contributed by atoms with Crippen LogP contribution in [0, 0.1) is 18.6 Å². The maximum Gasteiger partial charge on any atom is 0.165 e. The molecule has 0 heterocycles. The molecular formula is C17H19F2NO. The second-order valence-electron chi connectivity index (χ2n) is 5.01. The molecule has 0 aromatic heterocycles. The largest absolute Gasteiger partial charge is 0.494 e. The maximum absolute atomic E-state index is 13.5. The summed E-state index contributed by atoms with van der Waals surface area (Å²) in [4.78, 5) is 0. The van der Waals surface area contributed by atoms with Gasteiger partial charge in [0.05, 0.1) is 7.11 Å². The van der Waals surface area contributed by atoms with E-state index in [1.165, 1.54) is 25.3 Å². The molecule has 112 valence electrons. The highest BCUT2D eigenvalue weighted by Gasteiger charge is 2.14. The molecule has 4 heteroatoms. The molecule has 0 fully saturated rings. The molecule has 2 rings (SSSR count). The maximum atomic E-state index is 13.5. The van der Waals surface area contributed by atoms with Crippen molar-refractivity contribution in [1.29, 1.82) is 0 Å². The summed E-state index contributed by atoms with van der Waals surface area (Å²) in [5, 5.41) is 3.21. The van der Waals surface area contributed by atoms with Gasteiger partial charge in [-0.1, -0.05) is 12.1 Å². The van der Waals surface area contributed by atoms with Crippen LogP contribution < -0.4 is 10.1 Å². The topological polar surface area (TPSA) is 21.3 Å². The summed E-state index contributed by atoms with van der Waals surface area (Å²) in [5.74, 6) is -0.390. The first-order valence-corrected chi connectivity index (χ1v) is 6.81. The van der Waals surface area contributed by atoms with Crippen LogP contribution in [0.15, 0.2) is 36.4 Å². The lowest BCUT2D eigenvalue weighted by Crippen LogP contribution is -2.19. The van der Waals surface area contributed by atoms with Crippen LogP contribution in [-0.4, -0.2) is 14.2 Å². The number of methoxy groups -OCH3 is 1.